The van der Waals surface area contributed by atoms with Crippen molar-refractivity contribution in [1.82, 2.24) is 20.3 Å². The van der Waals surface area contributed by atoms with Crippen LogP contribution in [0, 0.1) is 0 Å². The first kappa shape index (κ1) is 23.2. The lowest BCUT2D eigenvalue weighted by Crippen LogP contribution is -2.47. The molecule has 1 aromatic carbocycles. The Kier molecular flexibility index (Phi) is 7.05. The van der Waals surface area contributed by atoms with Crippen molar-refractivity contribution in [1.29, 1.82) is 0 Å². The summed E-state index contributed by atoms with van der Waals surface area (Å²) in [4.78, 5) is 26.7. The van der Waals surface area contributed by atoms with Crippen LogP contribution in [0.2, 0.25) is 0 Å². The number of para-hydroxylation sites is 1. The topological polar surface area (TPSA) is 105 Å². The van der Waals surface area contributed by atoms with E-state index >= 15 is 0 Å². The molecule has 34 heavy (non-hydrogen) atoms. The van der Waals surface area contributed by atoms with E-state index in [1.165, 1.54) is 6.26 Å². The van der Waals surface area contributed by atoms with Gasteiger partial charge in [0.05, 0.1) is 23.5 Å². The number of alkyl halides is 1. The van der Waals surface area contributed by atoms with Crippen LogP contribution < -0.4 is 20.3 Å². The fourth-order valence-electron chi connectivity index (χ4n) is 3.58. The summed E-state index contributed by atoms with van der Waals surface area (Å²) in [6, 6.07) is 9.27. The van der Waals surface area contributed by atoms with E-state index in [4.69, 9.17) is 9.15 Å². The van der Waals surface area contributed by atoms with Crippen molar-refractivity contribution in [2.24, 2.45) is 0 Å². The number of carbonyl (C=O) groups is 1. The van der Waals surface area contributed by atoms with Gasteiger partial charge in [-0.15, -0.1) is 0 Å². The van der Waals surface area contributed by atoms with Gasteiger partial charge in [0.2, 0.25) is 0 Å². The number of rotatable bonds is 8. The molecule has 10 heteroatoms. The molecule has 4 rings (SSSR count). The Bertz CT molecular complexity index is 1140. The number of hydrogen-bond donors (Lipinski definition) is 2. The maximum Gasteiger partial charge on any atom is 0.316 e. The average molecular weight is 467 g/mol. The van der Waals surface area contributed by atoms with Crippen LogP contribution in [-0.4, -0.2) is 52.3 Å². The van der Waals surface area contributed by atoms with Gasteiger partial charge in [-0.25, -0.2) is 14.4 Å². The second-order valence-electron chi connectivity index (χ2n) is 8.23. The number of nitrogens with zero attached hydrogens (tertiary/aromatic N) is 4. The van der Waals surface area contributed by atoms with E-state index in [9.17, 15) is 9.18 Å². The van der Waals surface area contributed by atoms with Gasteiger partial charge in [0.15, 0.2) is 6.17 Å². The molecular formula is C24H27FN6O3. The maximum absolute atomic E-state index is 14.8. The monoisotopic (exact) mass is 466 g/mol. The maximum atomic E-state index is 14.8. The number of aromatic nitrogens is 3. The number of anilines is 2. The van der Waals surface area contributed by atoms with E-state index in [1.807, 2.05) is 19.9 Å². The number of hydrogen-bond acceptors (Lipinski definition) is 8. The highest BCUT2D eigenvalue weighted by Crippen LogP contribution is 2.26. The molecule has 3 aromatic rings. The minimum Gasteiger partial charge on any atom is -0.457 e. The van der Waals surface area contributed by atoms with Crippen LogP contribution in [0.1, 0.15) is 36.3 Å². The summed E-state index contributed by atoms with van der Waals surface area (Å²) in [6.45, 7) is 8.38. The molecule has 0 unspecified atom stereocenters. The number of halogens is 1. The molecule has 0 aliphatic carbocycles. The summed E-state index contributed by atoms with van der Waals surface area (Å²) >= 11 is 0. The third-order valence-electron chi connectivity index (χ3n) is 5.23. The van der Waals surface area contributed by atoms with Gasteiger partial charge in [-0.3, -0.25) is 4.79 Å². The standard InChI is InChI=1S/C24H27FN6O3/c1-15(2)28-22(32)17-7-4-5-8-19(17)29-16(3)20-14-33-24(30-20)31-12-9-21(18(25)13-31)34-23-26-10-6-11-27-23/h4-8,10-11,14-15,18,21,29H,3,9,12-13H2,1-2H3,(H,28,32)/t18-,21+/m0/s1. The molecule has 0 spiro atoms. The van der Waals surface area contributed by atoms with Gasteiger partial charge < -0.3 is 24.7 Å². The van der Waals surface area contributed by atoms with Crippen molar-refractivity contribution in [3.8, 4) is 6.01 Å². The highest BCUT2D eigenvalue weighted by Gasteiger charge is 2.33. The average Bonchev–Trinajstić information content (AvgIpc) is 3.31. The van der Waals surface area contributed by atoms with E-state index in [0.717, 1.165) is 0 Å². The number of nitrogens with one attached hydrogen (secondary N) is 2. The normalized spacial score (nSPS) is 17.9. The largest absolute Gasteiger partial charge is 0.457 e. The zero-order valence-corrected chi connectivity index (χ0v) is 19.1. The van der Waals surface area contributed by atoms with Crippen LogP contribution in [-0.2, 0) is 0 Å². The van der Waals surface area contributed by atoms with Crippen LogP contribution >= 0.6 is 0 Å². The van der Waals surface area contributed by atoms with Gasteiger partial charge in [-0.05, 0) is 32.0 Å². The molecule has 0 bridgehead atoms. The molecule has 0 radical (unpaired) electrons. The fourth-order valence-corrected chi connectivity index (χ4v) is 3.58. The first-order chi connectivity index (χ1) is 16.4. The number of piperidine rings is 1. The lowest BCUT2D eigenvalue weighted by atomic mass is 10.1. The minimum absolute atomic E-state index is 0.0101. The Morgan fingerprint density at radius 2 is 2.03 bits per heavy atom. The van der Waals surface area contributed by atoms with Gasteiger partial charge in [0.1, 0.15) is 18.1 Å². The third-order valence-corrected chi connectivity index (χ3v) is 5.23. The number of amides is 1. The van der Waals surface area contributed by atoms with Crippen molar-refractivity contribution in [2.45, 2.75) is 38.6 Å². The predicted molar refractivity (Wildman–Crippen MR) is 126 cm³/mol. The lowest BCUT2D eigenvalue weighted by molar-refractivity contribution is 0.0723. The van der Waals surface area contributed by atoms with Crippen LogP contribution in [0.25, 0.3) is 5.70 Å². The number of ether oxygens (including phenoxy) is 1. The highest BCUT2D eigenvalue weighted by molar-refractivity contribution is 6.01. The number of benzene rings is 1. The van der Waals surface area contributed by atoms with Gasteiger partial charge in [-0.1, -0.05) is 18.7 Å². The predicted octanol–water partition coefficient (Wildman–Crippen LogP) is 3.68. The molecule has 0 saturated carbocycles. The van der Waals surface area contributed by atoms with Crippen LogP contribution in [0.5, 0.6) is 6.01 Å². The van der Waals surface area contributed by atoms with Gasteiger partial charge >= 0.3 is 6.01 Å². The second-order valence-corrected chi connectivity index (χ2v) is 8.23. The Morgan fingerprint density at radius 3 is 2.76 bits per heavy atom. The molecule has 1 aliphatic heterocycles. The first-order valence-corrected chi connectivity index (χ1v) is 11.0. The third kappa shape index (κ3) is 5.51. The molecule has 178 valence electrons. The minimum atomic E-state index is -1.26. The molecule has 1 saturated heterocycles. The Labute approximate surface area is 197 Å². The quantitative estimate of drug-likeness (QED) is 0.518. The molecule has 9 nitrogen and oxygen atoms in total. The van der Waals surface area contributed by atoms with Crippen molar-refractivity contribution < 1.29 is 18.3 Å². The summed E-state index contributed by atoms with van der Waals surface area (Å²) in [5.74, 6) is -0.188. The molecule has 1 aliphatic rings. The molecular weight excluding hydrogens is 439 g/mol. The number of carbonyl (C=O) groups excluding carboxylic acids is 1. The fraction of sp³-hybridized carbons (Fsp3) is 0.333. The van der Waals surface area contributed by atoms with Crippen LogP contribution in [0.3, 0.4) is 0 Å². The first-order valence-electron chi connectivity index (χ1n) is 11.0. The van der Waals surface area contributed by atoms with Crippen molar-refractivity contribution in [2.75, 3.05) is 23.3 Å². The van der Waals surface area contributed by atoms with Crippen LogP contribution in [0.4, 0.5) is 16.1 Å². The van der Waals surface area contributed by atoms with E-state index in [2.05, 4.69) is 32.2 Å². The van der Waals surface area contributed by atoms with Crippen molar-refractivity contribution in [3.05, 3.63) is 66.8 Å². The summed E-state index contributed by atoms with van der Waals surface area (Å²) in [5, 5.41) is 6.02. The SMILES string of the molecule is C=C(Nc1ccccc1C(=O)NC(C)C)c1coc(N2CC[C@@H](Oc3ncccn3)[C@@H](F)C2)n1. The molecule has 1 fully saturated rings. The van der Waals surface area contributed by atoms with E-state index < -0.39 is 12.3 Å². The van der Waals surface area contributed by atoms with Crippen molar-refractivity contribution in [3.63, 3.8) is 0 Å². The van der Waals surface area contributed by atoms with E-state index in [0.29, 0.717) is 41.6 Å². The lowest BCUT2D eigenvalue weighted by Gasteiger charge is -2.33. The van der Waals surface area contributed by atoms with E-state index in [1.54, 1.807) is 41.6 Å². The van der Waals surface area contributed by atoms with Crippen LogP contribution in [0.15, 0.2) is 60.0 Å². The summed E-state index contributed by atoms with van der Waals surface area (Å²) < 4.78 is 26.0. The molecule has 2 atom stereocenters. The Hall–Kier alpha value is -3.95. The Balaban J connectivity index is 1.38. The van der Waals surface area contributed by atoms with E-state index in [-0.39, 0.29) is 24.5 Å². The zero-order chi connectivity index (χ0) is 24.1. The molecule has 3 heterocycles. The molecule has 2 N–H and O–H groups in total. The molecule has 2 aromatic heterocycles. The summed E-state index contributed by atoms with van der Waals surface area (Å²) in [6.07, 6.45) is 3.08. The summed E-state index contributed by atoms with van der Waals surface area (Å²) in [5.41, 5.74) is 2.00. The zero-order valence-electron chi connectivity index (χ0n) is 19.1. The van der Waals surface area contributed by atoms with Crippen molar-refractivity contribution >= 4 is 23.3 Å². The second kappa shape index (κ2) is 10.3. The van der Waals surface area contributed by atoms with Gasteiger partial charge in [-0.2, -0.15) is 4.98 Å². The summed E-state index contributed by atoms with van der Waals surface area (Å²) in [7, 11) is 0. The Morgan fingerprint density at radius 1 is 1.26 bits per heavy atom. The van der Waals surface area contributed by atoms with Gasteiger partial charge in [0, 0.05) is 31.4 Å². The molecule has 1 amide bonds. The highest BCUT2D eigenvalue weighted by atomic mass is 19.1. The number of oxazole rings is 1. The smallest absolute Gasteiger partial charge is 0.316 e. The van der Waals surface area contributed by atoms with Gasteiger partial charge in [0.25, 0.3) is 11.9 Å².